The minimum atomic E-state index is -3.72. The van der Waals surface area contributed by atoms with Gasteiger partial charge in [0.1, 0.15) is 4.90 Å². The van der Waals surface area contributed by atoms with Gasteiger partial charge in [0.05, 0.1) is 5.02 Å². The van der Waals surface area contributed by atoms with Gasteiger partial charge in [-0.3, -0.25) is 0 Å². The quantitative estimate of drug-likeness (QED) is 0.754. The number of benzene rings is 1. The summed E-state index contributed by atoms with van der Waals surface area (Å²) in [5, 5.41) is 3.48. The third-order valence-electron chi connectivity index (χ3n) is 4.45. The van der Waals surface area contributed by atoms with Gasteiger partial charge in [-0.15, -0.1) is 0 Å². The molecule has 0 aliphatic carbocycles. The zero-order valence-corrected chi connectivity index (χ0v) is 18.4. The fraction of sp³-hybridized carbons (Fsp3) is 0.611. The van der Waals surface area contributed by atoms with Gasteiger partial charge in [0, 0.05) is 30.2 Å². The fourth-order valence-electron chi connectivity index (χ4n) is 2.88. The summed E-state index contributed by atoms with van der Waals surface area (Å²) in [7, 11) is -3.72. The van der Waals surface area contributed by atoms with Crippen molar-refractivity contribution < 1.29 is 13.2 Å². The minimum absolute atomic E-state index is 0.0352. The lowest BCUT2D eigenvalue weighted by Crippen LogP contribution is -2.51. The number of aryl methyl sites for hydroxylation is 1. The average Bonchev–Trinajstić information content (AvgIpc) is 2.55. The number of hydrogen-bond acceptors (Lipinski definition) is 3. The number of sulfonamides is 1. The molecule has 6 nitrogen and oxygen atoms in total. The predicted octanol–water partition coefficient (Wildman–Crippen LogP) is 3.80. The molecule has 2 rings (SSSR count). The second kappa shape index (κ2) is 8.55. The van der Waals surface area contributed by atoms with Crippen molar-refractivity contribution >= 4 is 39.3 Å². The van der Waals surface area contributed by atoms with E-state index in [0.717, 1.165) is 12.8 Å². The molecule has 1 aromatic rings. The first kappa shape index (κ1) is 22.3. The zero-order valence-electron chi connectivity index (χ0n) is 16.1. The molecular weight excluding hydrogens is 409 g/mol. The number of likely N-dealkylation sites (tertiary alicyclic amines) is 1. The molecule has 152 valence electrons. The van der Waals surface area contributed by atoms with Gasteiger partial charge < -0.3 is 10.2 Å². The van der Waals surface area contributed by atoms with E-state index < -0.39 is 10.0 Å². The maximum Gasteiger partial charge on any atom is 0.317 e. The van der Waals surface area contributed by atoms with Crippen molar-refractivity contribution in [1.82, 2.24) is 14.9 Å². The summed E-state index contributed by atoms with van der Waals surface area (Å²) < 4.78 is 27.8. The maximum absolute atomic E-state index is 12.6. The molecule has 0 bridgehead atoms. The topological polar surface area (TPSA) is 78.5 Å². The monoisotopic (exact) mass is 435 g/mol. The molecule has 0 aromatic heterocycles. The van der Waals surface area contributed by atoms with E-state index in [4.69, 9.17) is 23.2 Å². The normalized spacial score (nSPS) is 16.4. The van der Waals surface area contributed by atoms with E-state index in [1.807, 2.05) is 20.8 Å². The van der Waals surface area contributed by atoms with Crippen molar-refractivity contribution in [1.29, 1.82) is 0 Å². The number of nitrogens with one attached hydrogen (secondary N) is 2. The first-order valence-corrected chi connectivity index (χ1v) is 11.2. The molecule has 2 N–H and O–H groups in total. The number of halogens is 2. The Hall–Kier alpha value is -1.02. The van der Waals surface area contributed by atoms with Crippen molar-refractivity contribution in [2.75, 3.05) is 19.6 Å². The lowest BCUT2D eigenvalue weighted by molar-refractivity contribution is 0.163. The van der Waals surface area contributed by atoms with Crippen LogP contribution in [0, 0.1) is 12.8 Å². The Morgan fingerprint density at radius 1 is 1.19 bits per heavy atom. The van der Waals surface area contributed by atoms with E-state index >= 15 is 0 Å². The zero-order chi connectivity index (χ0) is 20.4. The number of urea groups is 1. The summed E-state index contributed by atoms with van der Waals surface area (Å²) in [4.78, 5) is 14.0. The van der Waals surface area contributed by atoms with Crippen LogP contribution in [-0.4, -0.2) is 44.5 Å². The van der Waals surface area contributed by atoms with Crippen LogP contribution in [0.15, 0.2) is 17.0 Å². The van der Waals surface area contributed by atoms with Gasteiger partial charge in [0.25, 0.3) is 0 Å². The van der Waals surface area contributed by atoms with E-state index in [1.54, 1.807) is 11.8 Å². The Morgan fingerprint density at radius 2 is 1.78 bits per heavy atom. The maximum atomic E-state index is 12.6. The van der Waals surface area contributed by atoms with Gasteiger partial charge in [0.2, 0.25) is 10.0 Å². The van der Waals surface area contributed by atoms with E-state index in [0.29, 0.717) is 30.2 Å². The summed E-state index contributed by atoms with van der Waals surface area (Å²) in [6.07, 6.45) is 1.49. The van der Waals surface area contributed by atoms with E-state index in [1.165, 1.54) is 12.1 Å². The Bertz CT molecular complexity index is 799. The number of hydrogen-bond donors (Lipinski definition) is 2. The van der Waals surface area contributed by atoms with Gasteiger partial charge in [0.15, 0.2) is 0 Å². The van der Waals surface area contributed by atoms with Crippen LogP contribution < -0.4 is 10.0 Å². The first-order chi connectivity index (χ1) is 12.4. The third kappa shape index (κ3) is 6.24. The molecule has 0 atom stereocenters. The predicted molar refractivity (Wildman–Crippen MR) is 109 cm³/mol. The number of rotatable bonds is 4. The van der Waals surface area contributed by atoms with Crippen LogP contribution >= 0.6 is 23.2 Å². The highest BCUT2D eigenvalue weighted by atomic mass is 35.5. The van der Waals surface area contributed by atoms with E-state index in [-0.39, 0.29) is 27.4 Å². The van der Waals surface area contributed by atoms with Crippen molar-refractivity contribution in [2.24, 2.45) is 5.92 Å². The number of amides is 2. The van der Waals surface area contributed by atoms with Crippen LogP contribution in [0.25, 0.3) is 0 Å². The van der Waals surface area contributed by atoms with E-state index in [9.17, 15) is 13.2 Å². The fourth-order valence-corrected chi connectivity index (χ4v) is 4.83. The number of piperidine rings is 1. The van der Waals surface area contributed by atoms with E-state index in [2.05, 4.69) is 10.0 Å². The SMILES string of the molecule is Cc1cc(S(=O)(=O)NCC2CCN(C(=O)NC(C)(C)C)CC2)c(Cl)cc1Cl. The van der Waals surface area contributed by atoms with Crippen LogP contribution in [0.1, 0.15) is 39.2 Å². The largest absolute Gasteiger partial charge is 0.333 e. The van der Waals surface area contributed by atoms with Crippen molar-refractivity contribution in [2.45, 2.75) is 51.0 Å². The van der Waals surface area contributed by atoms with Crippen LogP contribution in [0.3, 0.4) is 0 Å². The third-order valence-corrected chi connectivity index (χ3v) is 6.74. The highest BCUT2D eigenvalue weighted by Gasteiger charge is 2.27. The van der Waals surface area contributed by atoms with Crippen molar-refractivity contribution in [3.05, 3.63) is 27.7 Å². The molecule has 9 heteroatoms. The van der Waals surface area contributed by atoms with Crippen molar-refractivity contribution in [3.8, 4) is 0 Å². The first-order valence-electron chi connectivity index (χ1n) is 8.91. The molecular formula is C18H27Cl2N3O3S. The molecule has 1 aliphatic rings. The Labute approximate surface area is 171 Å². The van der Waals surface area contributed by atoms with Crippen LogP contribution in [-0.2, 0) is 10.0 Å². The summed E-state index contributed by atoms with van der Waals surface area (Å²) in [5.41, 5.74) is 0.374. The number of carbonyl (C=O) groups excluding carboxylic acids is 1. The summed E-state index contributed by atoms with van der Waals surface area (Å²) in [6.45, 7) is 9.08. The second-order valence-electron chi connectivity index (χ2n) is 7.99. The highest BCUT2D eigenvalue weighted by molar-refractivity contribution is 7.89. The summed E-state index contributed by atoms with van der Waals surface area (Å²) in [6, 6.07) is 2.84. The number of nitrogens with zero attached hydrogens (tertiary/aromatic N) is 1. The molecule has 2 amide bonds. The molecule has 1 aromatic carbocycles. The van der Waals surface area contributed by atoms with Gasteiger partial charge >= 0.3 is 6.03 Å². The summed E-state index contributed by atoms with van der Waals surface area (Å²) >= 11 is 12.0. The molecule has 0 saturated carbocycles. The van der Waals surface area contributed by atoms with Crippen LogP contribution in [0.4, 0.5) is 4.79 Å². The number of carbonyl (C=O) groups is 1. The highest BCUT2D eigenvalue weighted by Crippen LogP contribution is 2.28. The molecule has 0 spiro atoms. The molecule has 0 unspecified atom stereocenters. The Balaban J connectivity index is 1.91. The van der Waals surface area contributed by atoms with Gasteiger partial charge in [-0.2, -0.15) is 0 Å². The van der Waals surface area contributed by atoms with Gasteiger partial charge in [-0.05, 0) is 64.2 Å². The standard InChI is InChI=1S/C18H27Cl2N3O3S/c1-12-9-16(15(20)10-14(12)19)27(25,26)21-11-13-5-7-23(8-6-13)17(24)22-18(2,3)4/h9-10,13,21H,5-8,11H2,1-4H3,(H,22,24). The molecule has 1 fully saturated rings. The average molecular weight is 436 g/mol. The lowest BCUT2D eigenvalue weighted by Gasteiger charge is -2.34. The minimum Gasteiger partial charge on any atom is -0.333 e. The Kier molecular flexibility index (Phi) is 7.06. The molecule has 1 heterocycles. The summed E-state index contributed by atoms with van der Waals surface area (Å²) in [5.74, 6) is 0.172. The van der Waals surface area contributed by atoms with Crippen LogP contribution in [0.2, 0.25) is 10.0 Å². The smallest absolute Gasteiger partial charge is 0.317 e. The van der Waals surface area contributed by atoms with Gasteiger partial charge in [-0.1, -0.05) is 23.2 Å². The lowest BCUT2D eigenvalue weighted by atomic mass is 9.97. The Morgan fingerprint density at radius 3 is 2.33 bits per heavy atom. The molecule has 0 radical (unpaired) electrons. The second-order valence-corrected chi connectivity index (χ2v) is 10.5. The van der Waals surface area contributed by atoms with Gasteiger partial charge in [-0.25, -0.2) is 17.9 Å². The van der Waals surface area contributed by atoms with Crippen LogP contribution in [0.5, 0.6) is 0 Å². The molecule has 1 aliphatic heterocycles. The van der Waals surface area contributed by atoms with Crippen molar-refractivity contribution in [3.63, 3.8) is 0 Å². The molecule has 1 saturated heterocycles. The molecule has 27 heavy (non-hydrogen) atoms.